The summed E-state index contributed by atoms with van der Waals surface area (Å²) in [5.74, 6) is -0.545. The second kappa shape index (κ2) is 7.92. The number of halogens is 1. The van der Waals surface area contributed by atoms with Crippen molar-refractivity contribution in [2.45, 2.75) is 19.9 Å². The topological polar surface area (TPSA) is 120 Å². The van der Waals surface area contributed by atoms with Crippen LogP contribution in [0.1, 0.15) is 13.3 Å². The Kier molecular flexibility index (Phi) is 5.55. The van der Waals surface area contributed by atoms with Crippen molar-refractivity contribution in [2.75, 3.05) is 10.6 Å². The van der Waals surface area contributed by atoms with Crippen LogP contribution in [0, 0.1) is 0 Å². The number of aromatic nitrogens is 4. The molecule has 2 amide bonds. The van der Waals surface area contributed by atoms with Gasteiger partial charge in [-0.2, -0.15) is 0 Å². The quantitative estimate of drug-likeness (QED) is 0.642. The van der Waals surface area contributed by atoms with Gasteiger partial charge in [0.25, 0.3) is 5.56 Å². The molecule has 0 fully saturated rings. The first kappa shape index (κ1) is 20.3. The van der Waals surface area contributed by atoms with E-state index < -0.39 is 11.2 Å². The molecule has 0 radical (unpaired) electrons. The summed E-state index contributed by atoms with van der Waals surface area (Å²) in [7, 11) is 2.92. The van der Waals surface area contributed by atoms with Gasteiger partial charge in [0.05, 0.1) is 17.0 Å². The second-order valence-corrected chi connectivity index (χ2v) is 6.90. The van der Waals surface area contributed by atoms with Crippen LogP contribution in [-0.4, -0.2) is 30.5 Å². The molecule has 11 heteroatoms. The number of amides is 2. The number of carbonyl (C=O) groups excluding carboxylic acids is 2. The molecule has 0 saturated carbocycles. The number of fused-ring (bicyclic) bond motifs is 1. The number of aryl methyl sites for hydroxylation is 2. The van der Waals surface area contributed by atoms with Gasteiger partial charge in [0.15, 0.2) is 11.2 Å². The first-order chi connectivity index (χ1) is 13.7. The average molecular weight is 419 g/mol. The third-order valence-electron chi connectivity index (χ3n) is 4.36. The summed E-state index contributed by atoms with van der Waals surface area (Å²) >= 11 is 6.10. The second-order valence-electron chi connectivity index (χ2n) is 6.49. The van der Waals surface area contributed by atoms with E-state index in [0.29, 0.717) is 16.4 Å². The van der Waals surface area contributed by atoms with Gasteiger partial charge in [-0.1, -0.05) is 11.6 Å². The third kappa shape index (κ3) is 4.06. The molecule has 2 heterocycles. The maximum Gasteiger partial charge on any atom is 0.332 e. The van der Waals surface area contributed by atoms with Crippen molar-refractivity contribution < 1.29 is 9.59 Å². The van der Waals surface area contributed by atoms with Crippen LogP contribution in [0.3, 0.4) is 0 Å². The SMILES string of the molecule is CC(=O)Nc1ccc(NC(=O)CCn2cnc3c2c(=O)n(C)c(=O)n3C)cc1Cl. The highest BCUT2D eigenvalue weighted by atomic mass is 35.5. The maximum absolute atomic E-state index is 12.4. The van der Waals surface area contributed by atoms with Crippen LogP contribution in [0.2, 0.25) is 5.02 Å². The number of benzene rings is 1. The van der Waals surface area contributed by atoms with Crippen LogP contribution in [0.15, 0.2) is 34.1 Å². The van der Waals surface area contributed by atoms with E-state index >= 15 is 0 Å². The number of carbonyl (C=O) groups is 2. The van der Waals surface area contributed by atoms with Crippen LogP contribution in [0.4, 0.5) is 11.4 Å². The molecule has 152 valence electrons. The summed E-state index contributed by atoms with van der Waals surface area (Å²) < 4.78 is 3.83. The van der Waals surface area contributed by atoms with E-state index in [9.17, 15) is 19.2 Å². The molecule has 29 heavy (non-hydrogen) atoms. The molecule has 1 aromatic carbocycles. The average Bonchev–Trinajstić information content (AvgIpc) is 3.09. The van der Waals surface area contributed by atoms with E-state index in [1.165, 1.54) is 38.0 Å². The number of hydrogen-bond donors (Lipinski definition) is 2. The predicted octanol–water partition coefficient (Wildman–Crippen LogP) is 1.07. The minimum atomic E-state index is -0.471. The Morgan fingerprint density at radius 1 is 1.14 bits per heavy atom. The van der Waals surface area contributed by atoms with Crippen molar-refractivity contribution in [3.05, 3.63) is 50.4 Å². The number of hydrogen-bond acceptors (Lipinski definition) is 5. The zero-order valence-electron chi connectivity index (χ0n) is 16.0. The Bertz CT molecular complexity index is 1240. The number of rotatable bonds is 5. The lowest BCUT2D eigenvalue weighted by Gasteiger charge is -2.10. The normalized spacial score (nSPS) is 10.9. The van der Waals surface area contributed by atoms with Crippen molar-refractivity contribution in [3.8, 4) is 0 Å². The molecule has 0 unspecified atom stereocenters. The van der Waals surface area contributed by atoms with Crippen molar-refractivity contribution in [3.63, 3.8) is 0 Å². The largest absolute Gasteiger partial charge is 0.332 e. The summed E-state index contributed by atoms with van der Waals surface area (Å²) in [6.07, 6.45) is 1.50. The van der Waals surface area contributed by atoms with Crippen LogP contribution < -0.4 is 21.9 Å². The lowest BCUT2D eigenvalue weighted by atomic mass is 10.2. The fourth-order valence-corrected chi connectivity index (χ4v) is 3.12. The Hall–Kier alpha value is -3.40. The highest BCUT2D eigenvalue weighted by molar-refractivity contribution is 6.34. The Morgan fingerprint density at radius 2 is 1.86 bits per heavy atom. The molecule has 0 atom stereocenters. The Labute approximate surface area is 169 Å². The van der Waals surface area contributed by atoms with Gasteiger partial charge >= 0.3 is 5.69 Å². The van der Waals surface area contributed by atoms with Gasteiger partial charge in [0.2, 0.25) is 11.8 Å². The summed E-state index contributed by atoms with van der Waals surface area (Å²) in [6, 6.07) is 4.74. The molecule has 0 spiro atoms. The monoisotopic (exact) mass is 418 g/mol. The summed E-state index contributed by atoms with van der Waals surface area (Å²) in [5, 5.41) is 5.59. The Morgan fingerprint density at radius 3 is 2.52 bits per heavy atom. The third-order valence-corrected chi connectivity index (χ3v) is 4.67. The molecule has 0 bridgehead atoms. The first-order valence-corrected chi connectivity index (χ1v) is 9.04. The fourth-order valence-electron chi connectivity index (χ4n) is 2.90. The minimum absolute atomic E-state index is 0.0719. The molecule has 0 aliphatic rings. The summed E-state index contributed by atoms with van der Waals surface area (Å²) in [4.78, 5) is 51.9. The highest BCUT2D eigenvalue weighted by Gasteiger charge is 2.15. The van der Waals surface area contributed by atoms with E-state index in [2.05, 4.69) is 15.6 Å². The lowest BCUT2D eigenvalue weighted by Crippen LogP contribution is -2.37. The fraction of sp³-hybridized carbons (Fsp3) is 0.278. The smallest absolute Gasteiger partial charge is 0.326 e. The van der Waals surface area contributed by atoms with E-state index in [0.717, 1.165) is 4.57 Å². The molecule has 0 saturated heterocycles. The minimum Gasteiger partial charge on any atom is -0.326 e. The number of imidazole rings is 1. The zero-order chi connectivity index (χ0) is 21.3. The van der Waals surface area contributed by atoms with Gasteiger partial charge in [0.1, 0.15) is 0 Å². The van der Waals surface area contributed by atoms with E-state index in [4.69, 9.17) is 11.6 Å². The molecule has 10 nitrogen and oxygen atoms in total. The number of nitrogens with zero attached hydrogens (tertiary/aromatic N) is 4. The molecule has 0 aliphatic carbocycles. The number of anilines is 2. The Balaban J connectivity index is 1.73. The molecule has 2 N–H and O–H groups in total. The van der Waals surface area contributed by atoms with E-state index in [-0.39, 0.29) is 35.9 Å². The highest BCUT2D eigenvalue weighted by Crippen LogP contribution is 2.25. The van der Waals surface area contributed by atoms with Crippen LogP contribution in [0.25, 0.3) is 11.2 Å². The van der Waals surface area contributed by atoms with E-state index in [1.54, 1.807) is 16.7 Å². The lowest BCUT2D eigenvalue weighted by molar-refractivity contribution is -0.116. The van der Waals surface area contributed by atoms with Gasteiger partial charge in [-0.15, -0.1) is 0 Å². The van der Waals surface area contributed by atoms with Crippen molar-refractivity contribution in [2.24, 2.45) is 14.1 Å². The van der Waals surface area contributed by atoms with E-state index in [1.807, 2.05) is 0 Å². The standard InChI is InChI=1S/C18H19ClN6O4/c1-10(26)21-13-5-4-11(8-12(13)19)22-14(27)6-7-25-9-20-16-15(25)17(28)24(3)18(29)23(16)2/h4-5,8-9H,6-7H2,1-3H3,(H,21,26)(H,22,27). The molecular formula is C18H19ClN6O4. The van der Waals surface area contributed by atoms with Gasteiger partial charge in [-0.05, 0) is 18.2 Å². The van der Waals surface area contributed by atoms with Crippen molar-refractivity contribution >= 4 is 46.0 Å². The predicted molar refractivity (Wildman–Crippen MR) is 109 cm³/mol. The number of nitrogens with one attached hydrogen (secondary N) is 2. The first-order valence-electron chi connectivity index (χ1n) is 8.67. The van der Waals surface area contributed by atoms with Gasteiger partial charge in [-0.3, -0.25) is 23.5 Å². The van der Waals surface area contributed by atoms with Gasteiger partial charge < -0.3 is 15.2 Å². The molecule has 3 rings (SSSR count). The van der Waals surface area contributed by atoms with Crippen molar-refractivity contribution in [1.82, 2.24) is 18.7 Å². The van der Waals surface area contributed by atoms with Gasteiger partial charge in [0, 0.05) is 39.7 Å². The van der Waals surface area contributed by atoms with Crippen LogP contribution in [0.5, 0.6) is 0 Å². The molecular weight excluding hydrogens is 400 g/mol. The van der Waals surface area contributed by atoms with Crippen LogP contribution >= 0.6 is 11.6 Å². The van der Waals surface area contributed by atoms with Crippen molar-refractivity contribution in [1.29, 1.82) is 0 Å². The summed E-state index contributed by atoms with van der Waals surface area (Å²) in [5.41, 5.74) is 0.502. The maximum atomic E-state index is 12.4. The molecule has 0 aliphatic heterocycles. The van der Waals surface area contributed by atoms with Crippen LogP contribution in [-0.2, 0) is 30.2 Å². The summed E-state index contributed by atoms with van der Waals surface area (Å²) in [6.45, 7) is 1.57. The molecule has 3 aromatic rings. The zero-order valence-corrected chi connectivity index (χ0v) is 16.8. The molecule has 2 aromatic heterocycles. The van der Waals surface area contributed by atoms with Gasteiger partial charge in [-0.25, -0.2) is 9.78 Å².